The summed E-state index contributed by atoms with van der Waals surface area (Å²) >= 11 is 0. The zero-order chi connectivity index (χ0) is 35.5. The van der Waals surface area contributed by atoms with Crippen LogP contribution in [0.3, 0.4) is 0 Å². The molecule has 1 atom stereocenters. The number of benzene rings is 5. The molecule has 0 fully saturated rings. The van der Waals surface area contributed by atoms with Crippen LogP contribution in [0, 0.1) is 5.92 Å². The van der Waals surface area contributed by atoms with Gasteiger partial charge in [0.15, 0.2) is 0 Å². The predicted molar refractivity (Wildman–Crippen MR) is 201 cm³/mol. The van der Waals surface area contributed by atoms with Gasteiger partial charge in [-0.1, -0.05) is 110 Å². The second kappa shape index (κ2) is 17.2. The van der Waals surface area contributed by atoms with Crippen molar-refractivity contribution in [1.82, 2.24) is 5.32 Å². The van der Waals surface area contributed by atoms with Gasteiger partial charge in [-0.05, 0) is 76.1 Å². The van der Waals surface area contributed by atoms with E-state index >= 15 is 0 Å². The van der Waals surface area contributed by atoms with Gasteiger partial charge in [0.05, 0.1) is 27.4 Å². The fourth-order valence-electron chi connectivity index (χ4n) is 7.17. The summed E-state index contributed by atoms with van der Waals surface area (Å²) in [5.41, 5.74) is 6.94. The monoisotopic (exact) mass is 685 g/mol. The highest BCUT2D eigenvalue weighted by molar-refractivity contribution is 5.79. The van der Waals surface area contributed by atoms with Crippen LogP contribution in [-0.2, 0) is 19.8 Å². The van der Waals surface area contributed by atoms with Crippen LogP contribution < -0.4 is 14.8 Å². The molecule has 264 valence electrons. The maximum atomic E-state index is 12.7. The zero-order valence-corrected chi connectivity index (χ0v) is 29.7. The molecule has 0 radical (unpaired) electrons. The number of rotatable bonds is 17. The van der Waals surface area contributed by atoms with Gasteiger partial charge in [0.2, 0.25) is 0 Å². The van der Waals surface area contributed by atoms with Crippen molar-refractivity contribution >= 4 is 6.09 Å². The molecule has 0 spiro atoms. The fraction of sp³-hybridized carbons (Fsp3) is 0.295. The second-order valence-corrected chi connectivity index (χ2v) is 12.9. The van der Waals surface area contributed by atoms with Crippen molar-refractivity contribution in [2.24, 2.45) is 5.92 Å². The smallest absolute Gasteiger partial charge is 0.407 e. The molecule has 6 rings (SSSR count). The number of carbonyl (C=O) groups excluding carboxylic acids is 1. The summed E-state index contributed by atoms with van der Waals surface area (Å²) in [6, 6.07) is 43.1. The maximum Gasteiger partial charge on any atom is 0.407 e. The molecule has 1 aliphatic rings. The van der Waals surface area contributed by atoms with Crippen LogP contribution in [0.2, 0.25) is 0 Å². The summed E-state index contributed by atoms with van der Waals surface area (Å²) in [6.45, 7) is 1.85. The molecule has 5 aromatic carbocycles. The van der Waals surface area contributed by atoms with E-state index in [0.29, 0.717) is 26.4 Å². The third-order valence-electron chi connectivity index (χ3n) is 9.76. The van der Waals surface area contributed by atoms with Gasteiger partial charge in [0, 0.05) is 25.5 Å². The Morgan fingerprint density at radius 2 is 1.18 bits per heavy atom. The minimum atomic E-state index is -0.891. The Morgan fingerprint density at radius 3 is 1.73 bits per heavy atom. The van der Waals surface area contributed by atoms with Crippen molar-refractivity contribution in [3.8, 4) is 22.6 Å². The number of alkyl carbamates (subject to hydrolysis) is 1. The molecule has 1 unspecified atom stereocenters. The number of carbonyl (C=O) groups is 1. The van der Waals surface area contributed by atoms with Crippen molar-refractivity contribution in [2.45, 2.75) is 30.8 Å². The van der Waals surface area contributed by atoms with Crippen LogP contribution in [0.5, 0.6) is 11.5 Å². The van der Waals surface area contributed by atoms with Crippen molar-refractivity contribution in [2.75, 3.05) is 47.7 Å². The number of hydrogen-bond acceptors (Lipinski definition) is 6. The molecule has 0 bridgehead atoms. The highest BCUT2D eigenvalue weighted by Gasteiger charge is 2.38. The predicted octanol–water partition coefficient (Wildman–Crippen LogP) is 8.98. The molecule has 1 amide bonds. The lowest BCUT2D eigenvalue weighted by atomic mass is 9.79. The molecule has 0 aliphatic heterocycles. The van der Waals surface area contributed by atoms with E-state index < -0.39 is 5.60 Å². The van der Waals surface area contributed by atoms with Gasteiger partial charge in [-0.15, -0.1) is 0 Å². The first-order valence-corrected chi connectivity index (χ1v) is 17.6. The van der Waals surface area contributed by atoms with E-state index in [2.05, 4.69) is 78.1 Å². The number of hydrogen-bond donors (Lipinski definition) is 1. The maximum absolute atomic E-state index is 12.7. The summed E-state index contributed by atoms with van der Waals surface area (Å²) in [7, 11) is 5.06. The summed E-state index contributed by atoms with van der Waals surface area (Å²) in [5, 5.41) is 2.96. The number of unbranched alkanes of at least 4 members (excludes halogenated alkanes) is 1. The Kier molecular flexibility index (Phi) is 12.0. The Bertz CT molecular complexity index is 1750. The third-order valence-corrected chi connectivity index (χ3v) is 9.76. The number of fused-ring (bicyclic) bond motifs is 3. The van der Waals surface area contributed by atoms with Gasteiger partial charge < -0.3 is 29.0 Å². The number of methoxy groups -OCH3 is 3. The van der Waals surface area contributed by atoms with E-state index in [9.17, 15) is 4.79 Å². The number of nitrogens with one attached hydrogen (secondary N) is 1. The van der Waals surface area contributed by atoms with Gasteiger partial charge in [-0.2, -0.15) is 0 Å². The SMILES string of the molecule is COCC(CCCCNC(=O)OCC1c2ccccc2-c2ccccc21)COC(c1ccccc1)(c1ccc(OC)cc1)c1ccc(OC)cc1. The molecule has 7 heteroatoms. The fourth-order valence-corrected chi connectivity index (χ4v) is 7.17. The normalized spacial score (nSPS) is 12.8. The first kappa shape index (κ1) is 35.7. The third kappa shape index (κ3) is 8.11. The first-order chi connectivity index (χ1) is 25.1. The highest BCUT2D eigenvalue weighted by atomic mass is 16.5. The lowest BCUT2D eigenvalue weighted by Gasteiger charge is -2.37. The van der Waals surface area contributed by atoms with Crippen molar-refractivity contribution in [1.29, 1.82) is 0 Å². The first-order valence-electron chi connectivity index (χ1n) is 17.6. The standard InChI is InChI=1S/C44H47NO6/c1-47-29-32(13-11-12-28-45-43(46)50-31-42-40-18-9-7-16-38(40)39-17-8-10-19-41(39)42)30-51-44(33-14-5-4-6-15-33,34-20-24-36(48-2)25-21-34)35-22-26-37(49-3)27-23-35/h4-10,14-27,32,42H,11-13,28-31H2,1-3H3,(H,45,46). The lowest BCUT2D eigenvalue weighted by Crippen LogP contribution is -2.35. The molecule has 0 saturated carbocycles. The molecular formula is C44H47NO6. The van der Waals surface area contributed by atoms with Crippen LogP contribution in [0.25, 0.3) is 11.1 Å². The minimum Gasteiger partial charge on any atom is -0.497 e. The van der Waals surface area contributed by atoms with E-state index in [1.165, 1.54) is 22.3 Å². The van der Waals surface area contributed by atoms with Crippen molar-refractivity contribution < 1.29 is 28.5 Å². The second-order valence-electron chi connectivity index (χ2n) is 12.9. The van der Waals surface area contributed by atoms with E-state index in [-0.39, 0.29) is 17.9 Å². The topological polar surface area (TPSA) is 75.3 Å². The van der Waals surface area contributed by atoms with E-state index in [1.54, 1.807) is 21.3 Å². The quantitative estimate of drug-likeness (QED) is 0.0778. The molecule has 0 saturated heterocycles. The van der Waals surface area contributed by atoms with Gasteiger partial charge in [-0.25, -0.2) is 4.79 Å². The molecule has 5 aromatic rings. The highest BCUT2D eigenvalue weighted by Crippen LogP contribution is 2.45. The number of amides is 1. The molecular weight excluding hydrogens is 638 g/mol. The van der Waals surface area contributed by atoms with Gasteiger partial charge in [0.1, 0.15) is 23.7 Å². The Labute approximate surface area is 301 Å². The summed E-state index contributed by atoms with van der Waals surface area (Å²) in [6.07, 6.45) is 2.19. The lowest BCUT2D eigenvalue weighted by molar-refractivity contribution is -0.0252. The average Bonchev–Trinajstić information content (AvgIpc) is 3.51. The van der Waals surface area contributed by atoms with Gasteiger partial charge >= 0.3 is 6.09 Å². The minimum absolute atomic E-state index is 0.0387. The van der Waals surface area contributed by atoms with Crippen molar-refractivity contribution in [3.05, 3.63) is 155 Å². The number of ether oxygens (including phenoxy) is 5. The Morgan fingerprint density at radius 1 is 0.647 bits per heavy atom. The van der Waals surface area contributed by atoms with Crippen LogP contribution in [-0.4, -0.2) is 53.8 Å². The molecule has 51 heavy (non-hydrogen) atoms. The summed E-state index contributed by atoms with van der Waals surface area (Å²) < 4.78 is 29.5. The summed E-state index contributed by atoms with van der Waals surface area (Å²) in [5.74, 6) is 1.72. The molecule has 7 nitrogen and oxygen atoms in total. The zero-order valence-electron chi connectivity index (χ0n) is 29.7. The molecule has 1 aliphatic carbocycles. The Hall–Kier alpha value is -5.11. The van der Waals surface area contributed by atoms with E-state index in [1.807, 2.05) is 54.6 Å². The molecule has 0 heterocycles. The average molecular weight is 686 g/mol. The largest absolute Gasteiger partial charge is 0.497 e. The van der Waals surface area contributed by atoms with Gasteiger partial charge in [0.25, 0.3) is 0 Å². The van der Waals surface area contributed by atoms with E-state index in [4.69, 9.17) is 23.7 Å². The summed E-state index contributed by atoms with van der Waals surface area (Å²) in [4.78, 5) is 12.7. The van der Waals surface area contributed by atoms with Crippen molar-refractivity contribution in [3.63, 3.8) is 0 Å². The Balaban J connectivity index is 1.08. The van der Waals surface area contributed by atoms with Gasteiger partial charge in [-0.3, -0.25) is 0 Å². The van der Waals surface area contributed by atoms with Crippen LogP contribution in [0.15, 0.2) is 127 Å². The molecule has 0 aromatic heterocycles. The van der Waals surface area contributed by atoms with Crippen LogP contribution >= 0.6 is 0 Å². The van der Waals surface area contributed by atoms with Crippen LogP contribution in [0.4, 0.5) is 4.79 Å². The molecule has 1 N–H and O–H groups in total. The van der Waals surface area contributed by atoms with Crippen LogP contribution in [0.1, 0.15) is 53.0 Å². The van der Waals surface area contributed by atoms with E-state index in [0.717, 1.165) is 47.5 Å².